The van der Waals surface area contributed by atoms with Gasteiger partial charge in [-0.05, 0) is 31.2 Å². The highest BCUT2D eigenvalue weighted by Gasteiger charge is 2.14. The van der Waals surface area contributed by atoms with E-state index in [1.165, 1.54) is 0 Å². The normalized spacial score (nSPS) is 10.7. The molecule has 0 aliphatic heterocycles. The maximum absolute atomic E-state index is 11.3. The summed E-state index contributed by atoms with van der Waals surface area (Å²) in [7, 11) is 0. The molecule has 2 aromatic carbocycles. The first-order valence-electron chi connectivity index (χ1n) is 8.31. The molecule has 0 heterocycles. The van der Waals surface area contributed by atoms with Crippen molar-refractivity contribution in [3.8, 4) is 0 Å². The third-order valence-electron chi connectivity index (χ3n) is 3.20. The zero-order chi connectivity index (χ0) is 20.1. The van der Waals surface area contributed by atoms with Crippen LogP contribution in [0.4, 0.5) is 0 Å². The summed E-state index contributed by atoms with van der Waals surface area (Å²) in [4.78, 5) is 32.6. The van der Waals surface area contributed by atoms with Gasteiger partial charge in [0.1, 0.15) is 0 Å². The number of carbonyl (C=O) groups is 3. The van der Waals surface area contributed by atoms with Crippen molar-refractivity contribution < 1.29 is 34.1 Å². The van der Waals surface area contributed by atoms with Crippen molar-refractivity contribution in [1.82, 2.24) is 0 Å². The van der Waals surface area contributed by atoms with E-state index in [2.05, 4.69) is 0 Å². The van der Waals surface area contributed by atoms with E-state index in [1.54, 1.807) is 49.4 Å². The summed E-state index contributed by atoms with van der Waals surface area (Å²) >= 11 is 0. The lowest BCUT2D eigenvalue weighted by Crippen LogP contribution is -2.22. The Morgan fingerprint density at radius 1 is 0.852 bits per heavy atom. The molecule has 2 rings (SSSR count). The summed E-state index contributed by atoms with van der Waals surface area (Å²) in [5.41, 5.74) is 1.00. The first-order valence-corrected chi connectivity index (χ1v) is 8.31. The predicted molar refractivity (Wildman–Crippen MR) is 97.4 cm³/mol. The van der Waals surface area contributed by atoms with Gasteiger partial charge in [0.25, 0.3) is 0 Å². The van der Waals surface area contributed by atoms with Gasteiger partial charge in [-0.1, -0.05) is 36.4 Å². The number of carboxylic acid groups (broad SMARTS) is 1. The van der Waals surface area contributed by atoms with Gasteiger partial charge in [0.15, 0.2) is 6.10 Å². The Bertz CT molecular complexity index is 714. The fraction of sp³-hybridized carbons (Fsp3) is 0.250. The molecule has 0 aliphatic rings. The van der Waals surface area contributed by atoms with Crippen LogP contribution in [0.15, 0.2) is 60.7 Å². The van der Waals surface area contributed by atoms with Crippen molar-refractivity contribution in [1.29, 1.82) is 0 Å². The lowest BCUT2D eigenvalue weighted by atomic mass is 10.2. The molecule has 2 N–H and O–H groups in total. The molecule has 2 aromatic rings. The fourth-order valence-corrected chi connectivity index (χ4v) is 1.83. The number of hydrogen-bond donors (Lipinski definition) is 2. The molecule has 0 bridgehead atoms. The number of hydrogen-bond acceptors (Lipinski definition) is 6. The third-order valence-corrected chi connectivity index (χ3v) is 3.20. The molecule has 0 aliphatic carbocycles. The van der Waals surface area contributed by atoms with E-state index >= 15 is 0 Å². The number of carboxylic acids is 1. The molecule has 1 unspecified atom stereocenters. The summed E-state index contributed by atoms with van der Waals surface area (Å²) in [6, 6.07) is 17.3. The Morgan fingerprint density at radius 2 is 1.30 bits per heavy atom. The molecular weight excluding hydrogens is 352 g/mol. The van der Waals surface area contributed by atoms with Crippen molar-refractivity contribution in [2.45, 2.75) is 19.4 Å². The maximum atomic E-state index is 11.3. The topological polar surface area (TPSA) is 110 Å². The molecule has 0 amide bonds. The van der Waals surface area contributed by atoms with Crippen molar-refractivity contribution in [3.63, 3.8) is 0 Å². The summed E-state index contributed by atoms with van der Waals surface area (Å²) < 4.78 is 9.58. The molecule has 0 aromatic heterocycles. The zero-order valence-electron chi connectivity index (χ0n) is 14.9. The third kappa shape index (κ3) is 8.64. The minimum absolute atomic E-state index is 0.117. The Balaban J connectivity index is 0.000000289. The SMILES string of the molecule is CCOC(=O)c1ccccc1.O=C(OCCC(O)C(=O)O)c1ccccc1. The Labute approximate surface area is 157 Å². The number of aliphatic hydroxyl groups excluding tert-OH is 1. The van der Waals surface area contributed by atoms with Crippen LogP contribution in [0.5, 0.6) is 0 Å². The Morgan fingerprint density at radius 3 is 1.70 bits per heavy atom. The minimum atomic E-state index is -1.50. The molecule has 0 saturated carbocycles. The number of rotatable bonds is 7. The molecule has 7 nitrogen and oxygen atoms in total. The second kappa shape index (κ2) is 12.2. The molecule has 0 radical (unpaired) electrons. The van der Waals surface area contributed by atoms with Crippen molar-refractivity contribution in [3.05, 3.63) is 71.8 Å². The van der Waals surface area contributed by atoms with Gasteiger partial charge in [0.2, 0.25) is 0 Å². The average Bonchev–Trinajstić information content (AvgIpc) is 2.69. The highest BCUT2D eigenvalue weighted by Crippen LogP contribution is 2.02. The van der Waals surface area contributed by atoms with Crippen LogP contribution in [0.25, 0.3) is 0 Å². The number of carbonyl (C=O) groups excluding carboxylic acids is 2. The van der Waals surface area contributed by atoms with Crippen molar-refractivity contribution >= 4 is 17.9 Å². The van der Waals surface area contributed by atoms with Crippen molar-refractivity contribution in [2.24, 2.45) is 0 Å². The largest absolute Gasteiger partial charge is 0.479 e. The van der Waals surface area contributed by atoms with Crippen LogP contribution in [-0.2, 0) is 14.3 Å². The van der Waals surface area contributed by atoms with E-state index in [-0.39, 0.29) is 19.0 Å². The quantitative estimate of drug-likeness (QED) is 0.717. The summed E-state index contributed by atoms with van der Waals surface area (Å²) in [5, 5.41) is 17.3. The predicted octanol–water partition coefficient (Wildman–Crippen LogP) is 2.54. The van der Waals surface area contributed by atoms with Crippen LogP contribution in [0.1, 0.15) is 34.1 Å². The molecule has 7 heteroatoms. The van der Waals surface area contributed by atoms with Gasteiger partial charge in [-0.2, -0.15) is 0 Å². The minimum Gasteiger partial charge on any atom is -0.479 e. The summed E-state index contributed by atoms with van der Waals surface area (Å²) in [6.45, 7) is 2.09. The van der Waals surface area contributed by atoms with Gasteiger partial charge in [-0.15, -0.1) is 0 Å². The van der Waals surface area contributed by atoms with Crippen LogP contribution in [0.2, 0.25) is 0 Å². The van der Waals surface area contributed by atoms with Gasteiger partial charge in [-0.25, -0.2) is 14.4 Å². The van der Waals surface area contributed by atoms with Crippen LogP contribution < -0.4 is 0 Å². The van der Waals surface area contributed by atoms with E-state index in [0.717, 1.165) is 0 Å². The highest BCUT2D eigenvalue weighted by molar-refractivity contribution is 5.89. The van der Waals surface area contributed by atoms with Gasteiger partial charge in [0.05, 0.1) is 24.3 Å². The molecular formula is C20H22O7. The molecule has 1 atom stereocenters. The van der Waals surface area contributed by atoms with Crippen LogP contribution in [0, 0.1) is 0 Å². The lowest BCUT2D eigenvalue weighted by Gasteiger charge is -2.06. The number of esters is 2. The smallest absolute Gasteiger partial charge is 0.338 e. The molecule has 144 valence electrons. The van der Waals surface area contributed by atoms with Gasteiger partial charge in [-0.3, -0.25) is 0 Å². The summed E-state index contributed by atoms with van der Waals surface area (Å²) in [6.07, 6.45) is -1.61. The van der Waals surface area contributed by atoms with Crippen molar-refractivity contribution in [2.75, 3.05) is 13.2 Å². The van der Waals surface area contributed by atoms with E-state index in [9.17, 15) is 14.4 Å². The van der Waals surface area contributed by atoms with Gasteiger partial charge in [0, 0.05) is 6.42 Å². The van der Waals surface area contributed by atoms with E-state index < -0.39 is 18.0 Å². The molecule has 27 heavy (non-hydrogen) atoms. The Kier molecular flexibility index (Phi) is 9.88. The highest BCUT2D eigenvalue weighted by atomic mass is 16.5. The van der Waals surface area contributed by atoms with E-state index in [1.807, 2.05) is 18.2 Å². The Hall–Kier alpha value is -3.19. The first kappa shape index (κ1) is 21.9. The molecule has 0 saturated heterocycles. The number of aliphatic hydroxyl groups is 1. The zero-order valence-corrected chi connectivity index (χ0v) is 14.9. The maximum Gasteiger partial charge on any atom is 0.338 e. The van der Waals surface area contributed by atoms with Gasteiger partial charge >= 0.3 is 17.9 Å². The van der Waals surface area contributed by atoms with Crippen LogP contribution in [0.3, 0.4) is 0 Å². The summed E-state index contributed by atoms with van der Waals surface area (Å²) in [5.74, 6) is -2.11. The molecule has 0 fully saturated rings. The van der Waals surface area contributed by atoms with Gasteiger partial charge < -0.3 is 19.7 Å². The number of benzene rings is 2. The second-order valence-electron chi connectivity index (χ2n) is 5.23. The van der Waals surface area contributed by atoms with E-state index in [0.29, 0.717) is 17.7 Å². The molecule has 0 spiro atoms. The average molecular weight is 374 g/mol. The van der Waals surface area contributed by atoms with Crippen LogP contribution >= 0.6 is 0 Å². The standard InChI is InChI=1S/C11H12O5.C9H10O2/c12-9(10(13)14)6-7-16-11(15)8-4-2-1-3-5-8;1-2-11-9(10)8-6-4-3-5-7-8/h1-5,9,12H,6-7H2,(H,13,14);3-7H,2H2,1H3. The monoisotopic (exact) mass is 374 g/mol. The first-order chi connectivity index (χ1) is 13.0. The lowest BCUT2D eigenvalue weighted by molar-refractivity contribution is -0.147. The fourth-order valence-electron chi connectivity index (χ4n) is 1.83. The van der Waals surface area contributed by atoms with E-state index in [4.69, 9.17) is 19.7 Å². The number of ether oxygens (including phenoxy) is 2. The van der Waals surface area contributed by atoms with Crippen LogP contribution in [-0.4, -0.2) is 47.4 Å². The number of aliphatic carboxylic acids is 1. The second-order valence-corrected chi connectivity index (χ2v) is 5.23.